The second-order valence-electron chi connectivity index (χ2n) is 10.5. The molecule has 2 aliphatic heterocycles. The van der Waals surface area contributed by atoms with E-state index in [4.69, 9.17) is 9.83 Å². The van der Waals surface area contributed by atoms with Crippen LogP contribution in [0.15, 0.2) is 35.5 Å². The molecule has 1 aromatic carbocycles. The van der Waals surface area contributed by atoms with Gasteiger partial charge in [0.1, 0.15) is 11.4 Å². The number of amidine groups is 1. The zero-order chi connectivity index (χ0) is 26.2. The van der Waals surface area contributed by atoms with Gasteiger partial charge in [0.2, 0.25) is 10.0 Å². The first-order valence-corrected chi connectivity index (χ1v) is 14.7. The fraction of sp³-hybridized carbons (Fsp3) is 0.577. The Kier molecular flexibility index (Phi) is 7.01. The largest absolute Gasteiger partial charge is 0.434 e. The quantitative estimate of drug-likeness (QED) is 0.618. The number of sulfonamides is 1. The van der Waals surface area contributed by atoms with Crippen molar-refractivity contribution in [3.63, 3.8) is 0 Å². The van der Waals surface area contributed by atoms with E-state index >= 15 is 0 Å². The molecule has 200 valence electrons. The van der Waals surface area contributed by atoms with Gasteiger partial charge in [-0.05, 0) is 43.7 Å². The van der Waals surface area contributed by atoms with E-state index in [0.717, 1.165) is 42.5 Å². The molecule has 1 aromatic heterocycles. The van der Waals surface area contributed by atoms with Crippen LogP contribution in [-0.4, -0.2) is 78.7 Å². The number of amides is 2. The lowest BCUT2D eigenvalue weighted by molar-refractivity contribution is -0.125. The summed E-state index contributed by atoms with van der Waals surface area (Å²) in [5, 5.41) is 3.89. The lowest BCUT2D eigenvalue weighted by Crippen LogP contribution is -2.51. The van der Waals surface area contributed by atoms with Crippen LogP contribution in [0.3, 0.4) is 0 Å². The molecule has 3 heterocycles. The maximum Gasteiger partial charge on any atom is 0.434 e. The van der Waals surface area contributed by atoms with Gasteiger partial charge >= 0.3 is 6.09 Å². The molecule has 1 N–H and O–H groups in total. The van der Waals surface area contributed by atoms with Gasteiger partial charge in [0.05, 0.1) is 11.3 Å². The van der Waals surface area contributed by atoms with Crippen molar-refractivity contribution < 1.29 is 22.8 Å². The molecule has 1 saturated heterocycles. The molecule has 0 atom stereocenters. The molecule has 1 saturated carbocycles. The van der Waals surface area contributed by atoms with E-state index in [0.29, 0.717) is 24.3 Å². The summed E-state index contributed by atoms with van der Waals surface area (Å²) in [6, 6.07) is 7.45. The normalized spacial score (nSPS) is 20.7. The first kappa shape index (κ1) is 25.7. The van der Waals surface area contributed by atoms with Crippen molar-refractivity contribution in [1.82, 2.24) is 19.3 Å². The van der Waals surface area contributed by atoms with Gasteiger partial charge < -0.3 is 15.1 Å². The molecule has 11 heteroatoms. The summed E-state index contributed by atoms with van der Waals surface area (Å²) in [6.45, 7) is 0.552. The van der Waals surface area contributed by atoms with Gasteiger partial charge in [-0.2, -0.15) is 4.73 Å². The Labute approximate surface area is 217 Å². The van der Waals surface area contributed by atoms with Crippen molar-refractivity contribution in [1.29, 1.82) is 0 Å². The predicted molar refractivity (Wildman–Crippen MR) is 141 cm³/mol. The number of nitrogens with zero attached hydrogens (tertiary/aromatic N) is 4. The van der Waals surface area contributed by atoms with Gasteiger partial charge in [0.25, 0.3) is 5.91 Å². The van der Waals surface area contributed by atoms with Crippen molar-refractivity contribution in [3.05, 3.63) is 36.0 Å². The number of carbonyl (C=O) groups is 2. The zero-order valence-electron chi connectivity index (χ0n) is 21.5. The van der Waals surface area contributed by atoms with Crippen LogP contribution in [0.1, 0.15) is 50.5 Å². The lowest BCUT2D eigenvalue weighted by atomic mass is 9.88. The highest BCUT2D eigenvalue weighted by molar-refractivity contribution is 7.89. The number of piperidine rings is 1. The number of aliphatic imine (C=N–C) groups is 1. The van der Waals surface area contributed by atoms with Crippen LogP contribution in [0.4, 0.5) is 4.79 Å². The minimum absolute atomic E-state index is 0.0747. The third-order valence-electron chi connectivity index (χ3n) is 7.87. The highest BCUT2D eigenvalue weighted by Crippen LogP contribution is 2.35. The van der Waals surface area contributed by atoms with Crippen LogP contribution in [0.25, 0.3) is 10.9 Å². The van der Waals surface area contributed by atoms with Crippen molar-refractivity contribution >= 4 is 38.8 Å². The fourth-order valence-electron chi connectivity index (χ4n) is 5.63. The van der Waals surface area contributed by atoms with Crippen LogP contribution in [0.2, 0.25) is 0 Å². The number of aryl methyl sites for hydroxylation is 1. The summed E-state index contributed by atoms with van der Waals surface area (Å²) in [7, 11) is -0.355. The van der Waals surface area contributed by atoms with E-state index in [-0.39, 0.29) is 31.2 Å². The van der Waals surface area contributed by atoms with Gasteiger partial charge in [-0.3, -0.25) is 9.79 Å². The number of carbonyl (C=O) groups excluding carboxylic acids is 2. The smallest absolute Gasteiger partial charge is 0.317 e. The monoisotopic (exact) mass is 529 g/mol. The maximum atomic E-state index is 13.3. The minimum atomic E-state index is -3.55. The van der Waals surface area contributed by atoms with Crippen LogP contribution in [0.5, 0.6) is 0 Å². The summed E-state index contributed by atoms with van der Waals surface area (Å²) < 4.78 is 29.4. The molecule has 2 fully saturated rings. The Balaban J connectivity index is 1.25. The summed E-state index contributed by atoms with van der Waals surface area (Å²) in [4.78, 5) is 36.6. The van der Waals surface area contributed by atoms with Crippen molar-refractivity contribution in [2.45, 2.75) is 56.9 Å². The molecule has 0 unspecified atom stereocenters. The molecule has 2 aromatic rings. The predicted octanol–water partition coefficient (Wildman–Crippen LogP) is 2.57. The Bertz CT molecular complexity index is 1320. The Morgan fingerprint density at radius 2 is 1.89 bits per heavy atom. The SMILES string of the molecule is CN(C)C(=O)On1ccc2cccc(CCS(=O)(=O)N3CCC4(CC3)N=C(C3CCCCC3)NC4=O)c21. The zero-order valence-corrected chi connectivity index (χ0v) is 22.3. The molecule has 5 rings (SSSR count). The number of hydrogen-bond donors (Lipinski definition) is 1. The maximum absolute atomic E-state index is 13.3. The minimum Gasteiger partial charge on any atom is -0.317 e. The number of benzene rings is 1. The average Bonchev–Trinajstić information content (AvgIpc) is 3.45. The molecular formula is C26H35N5O5S. The molecule has 0 radical (unpaired) electrons. The fourth-order valence-corrected chi connectivity index (χ4v) is 7.11. The number of aromatic nitrogens is 1. The summed E-state index contributed by atoms with van der Waals surface area (Å²) in [6.07, 6.45) is 7.87. The van der Waals surface area contributed by atoms with Crippen LogP contribution in [0, 0.1) is 5.92 Å². The van der Waals surface area contributed by atoms with Crippen molar-refractivity contribution in [2.24, 2.45) is 10.9 Å². The van der Waals surface area contributed by atoms with E-state index < -0.39 is 21.7 Å². The number of para-hydroxylation sites is 1. The molecule has 1 spiro atoms. The highest BCUT2D eigenvalue weighted by Gasteiger charge is 2.48. The molecule has 3 aliphatic rings. The number of rotatable bonds is 6. The van der Waals surface area contributed by atoms with Gasteiger partial charge in [0, 0.05) is 44.7 Å². The van der Waals surface area contributed by atoms with E-state index in [1.807, 2.05) is 24.3 Å². The third kappa shape index (κ3) is 5.11. The molecule has 2 amide bonds. The third-order valence-corrected chi connectivity index (χ3v) is 9.74. The highest BCUT2D eigenvalue weighted by atomic mass is 32.2. The van der Waals surface area contributed by atoms with E-state index in [9.17, 15) is 18.0 Å². The van der Waals surface area contributed by atoms with E-state index in [2.05, 4.69) is 5.32 Å². The standard InChI is InChI=1S/C26H35N5O5S/c1-29(2)25(33)36-31-15-11-19-9-6-10-20(22(19)31)12-18-37(34,35)30-16-13-26(14-17-30)24(32)27-23(28-26)21-7-4-3-5-8-21/h6,9-11,15,21H,3-5,7-8,12-14,16-18H2,1-2H3,(H,27,28,32). The molecular weight excluding hydrogens is 494 g/mol. The second kappa shape index (κ2) is 10.1. The topological polar surface area (TPSA) is 113 Å². The average molecular weight is 530 g/mol. The van der Waals surface area contributed by atoms with Gasteiger partial charge in [-0.1, -0.05) is 37.5 Å². The number of nitrogens with one attached hydrogen (secondary N) is 1. The Morgan fingerprint density at radius 3 is 2.59 bits per heavy atom. The summed E-state index contributed by atoms with van der Waals surface area (Å²) in [5.74, 6) is 0.976. The number of hydrogen-bond acceptors (Lipinski definition) is 6. The van der Waals surface area contributed by atoms with Crippen LogP contribution >= 0.6 is 0 Å². The summed E-state index contributed by atoms with van der Waals surface area (Å²) >= 11 is 0. The van der Waals surface area contributed by atoms with Gasteiger partial charge in [0.15, 0.2) is 0 Å². The van der Waals surface area contributed by atoms with Gasteiger partial charge in [-0.15, -0.1) is 0 Å². The molecule has 1 aliphatic carbocycles. The van der Waals surface area contributed by atoms with Crippen LogP contribution < -0.4 is 10.2 Å². The van der Waals surface area contributed by atoms with Crippen molar-refractivity contribution in [2.75, 3.05) is 32.9 Å². The second-order valence-corrected chi connectivity index (χ2v) is 12.6. The molecule has 37 heavy (non-hydrogen) atoms. The Hall–Kier alpha value is -2.92. The Morgan fingerprint density at radius 1 is 1.16 bits per heavy atom. The van der Waals surface area contributed by atoms with Crippen molar-refractivity contribution in [3.8, 4) is 0 Å². The summed E-state index contributed by atoms with van der Waals surface area (Å²) in [5.41, 5.74) is 0.627. The molecule has 10 nitrogen and oxygen atoms in total. The van der Waals surface area contributed by atoms with Gasteiger partial charge in [-0.25, -0.2) is 17.5 Å². The van der Waals surface area contributed by atoms with E-state index in [1.54, 1.807) is 20.3 Å². The lowest BCUT2D eigenvalue weighted by Gasteiger charge is -2.34. The van der Waals surface area contributed by atoms with Crippen LogP contribution in [-0.2, 0) is 21.2 Å². The first-order chi connectivity index (χ1) is 17.7. The molecule has 0 bridgehead atoms. The number of fused-ring (bicyclic) bond motifs is 1. The van der Waals surface area contributed by atoms with E-state index in [1.165, 1.54) is 20.4 Å². The first-order valence-electron chi connectivity index (χ1n) is 13.1.